The average Bonchev–Trinajstić information content (AvgIpc) is 3.01. The van der Waals surface area contributed by atoms with E-state index in [1.165, 1.54) is 4.70 Å². The number of hydrogen-bond acceptors (Lipinski definition) is 3. The third-order valence-electron chi connectivity index (χ3n) is 3.99. The smallest absolute Gasteiger partial charge is 0.173 e. The lowest BCUT2D eigenvalue weighted by Gasteiger charge is -2.26. The summed E-state index contributed by atoms with van der Waals surface area (Å²) < 4.78 is 1.19. The van der Waals surface area contributed by atoms with Crippen molar-refractivity contribution < 1.29 is 0 Å². The maximum atomic E-state index is 6.18. The maximum Gasteiger partial charge on any atom is 0.173 e. The van der Waals surface area contributed by atoms with Gasteiger partial charge in [-0.1, -0.05) is 29.8 Å². The molecule has 0 aliphatic rings. The number of para-hydroxylation sites is 1. The lowest BCUT2D eigenvalue weighted by Crippen LogP contribution is -2.33. The van der Waals surface area contributed by atoms with Crippen molar-refractivity contribution >= 4 is 56.2 Å². The summed E-state index contributed by atoms with van der Waals surface area (Å²) in [6.45, 7) is 4.08. The quantitative estimate of drug-likeness (QED) is 0.599. The first-order chi connectivity index (χ1) is 11.5. The fraction of sp³-hybridized carbons (Fsp3) is 0.222. The number of benzene rings is 2. The van der Waals surface area contributed by atoms with Crippen molar-refractivity contribution in [2.24, 2.45) is 0 Å². The predicted molar refractivity (Wildman–Crippen MR) is 108 cm³/mol. The van der Waals surface area contributed by atoms with Crippen LogP contribution in [0.4, 0.5) is 5.69 Å². The number of fused-ring (bicyclic) bond motifs is 1. The third-order valence-corrected chi connectivity index (χ3v) is 6.00. The zero-order valence-electron chi connectivity index (χ0n) is 13.7. The minimum Gasteiger partial charge on any atom is -0.343 e. The SMILES string of the molecule is Cc1ccc(NC(=S)N(C)[C@@H](C)c2nc3ccccc3s2)cc1Cl. The first kappa shape index (κ1) is 17.1. The molecule has 3 nitrogen and oxygen atoms in total. The van der Waals surface area contributed by atoms with Crippen LogP contribution in [0.1, 0.15) is 23.5 Å². The summed E-state index contributed by atoms with van der Waals surface area (Å²) in [5.74, 6) is 0. The van der Waals surface area contributed by atoms with Gasteiger partial charge in [0.1, 0.15) is 5.01 Å². The average molecular weight is 376 g/mol. The molecule has 0 aliphatic heterocycles. The van der Waals surface area contributed by atoms with E-state index in [9.17, 15) is 0 Å². The highest BCUT2D eigenvalue weighted by atomic mass is 35.5. The number of aryl methyl sites for hydroxylation is 1. The minimum absolute atomic E-state index is 0.0864. The van der Waals surface area contributed by atoms with Gasteiger partial charge in [-0.25, -0.2) is 4.98 Å². The number of thiazole rings is 1. The third kappa shape index (κ3) is 3.53. The number of nitrogens with one attached hydrogen (secondary N) is 1. The summed E-state index contributed by atoms with van der Waals surface area (Å²) in [6, 6.07) is 14.1. The zero-order chi connectivity index (χ0) is 17.3. The van der Waals surface area contributed by atoms with Crippen molar-refractivity contribution in [3.8, 4) is 0 Å². The molecule has 0 spiro atoms. The van der Waals surface area contributed by atoms with Crippen LogP contribution in [-0.2, 0) is 0 Å². The summed E-state index contributed by atoms with van der Waals surface area (Å²) in [4.78, 5) is 6.73. The van der Waals surface area contributed by atoms with Gasteiger partial charge < -0.3 is 10.2 Å². The Morgan fingerprint density at radius 2 is 2.04 bits per heavy atom. The van der Waals surface area contributed by atoms with Crippen molar-refractivity contribution in [3.05, 3.63) is 58.1 Å². The second-order valence-corrected chi connectivity index (χ2v) is 7.56. The molecule has 1 aromatic heterocycles. The van der Waals surface area contributed by atoms with E-state index in [2.05, 4.69) is 18.3 Å². The molecule has 0 unspecified atom stereocenters. The summed E-state index contributed by atoms with van der Waals surface area (Å²) in [5.41, 5.74) is 2.96. The summed E-state index contributed by atoms with van der Waals surface area (Å²) >= 11 is 13.4. The van der Waals surface area contributed by atoms with Crippen molar-refractivity contribution in [2.75, 3.05) is 12.4 Å². The molecule has 0 aliphatic carbocycles. The van der Waals surface area contributed by atoms with Crippen molar-refractivity contribution in [3.63, 3.8) is 0 Å². The first-order valence-corrected chi connectivity index (χ1v) is 9.21. The fourth-order valence-electron chi connectivity index (χ4n) is 2.29. The first-order valence-electron chi connectivity index (χ1n) is 7.61. The van der Waals surface area contributed by atoms with Crippen LogP contribution in [-0.4, -0.2) is 22.0 Å². The molecule has 0 saturated heterocycles. The Hall–Kier alpha value is -1.69. The molecule has 1 N–H and O–H groups in total. The highest BCUT2D eigenvalue weighted by molar-refractivity contribution is 7.80. The Kier molecular flexibility index (Phi) is 5.04. The predicted octanol–water partition coefficient (Wildman–Crippen LogP) is 5.65. The summed E-state index contributed by atoms with van der Waals surface area (Å²) in [6.07, 6.45) is 0. The molecular formula is C18H18ClN3S2. The molecule has 6 heteroatoms. The standard InChI is InChI=1S/C18H18ClN3S2/c1-11-8-9-13(10-14(11)19)20-18(23)22(3)12(2)17-21-15-6-4-5-7-16(15)24-17/h4-10,12H,1-3H3,(H,20,23)/t12-/m0/s1. The van der Waals surface area contributed by atoms with Gasteiger partial charge in [-0.15, -0.1) is 11.3 Å². The van der Waals surface area contributed by atoms with E-state index in [1.807, 2.05) is 55.3 Å². The Bertz CT molecular complexity index is 858. The van der Waals surface area contributed by atoms with Crippen LogP contribution in [0.5, 0.6) is 0 Å². The lowest BCUT2D eigenvalue weighted by molar-refractivity contribution is 0.407. The summed E-state index contributed by atoms with van der Waals surface area (Å²) in [7, 11) is 1.97. The van der Waals surface area contributed by atoms with Gasteiger partial charge in [0, 0.05) is 17.8 Å². The zero-order valence-corrected chi connectivity index (χ0v) is 16.1. The van der Waals surface area contributed by atoms with Crippen LogP contribution >= 0.6 is 35.2 Å². The van der Waals surface area contributed by atoms with Crippen molar-refractivity contribution in [1.82, 2.24) is 9.88 Å². The molecule has 0 amide bonds. The Labute approximate surface area is 156 Å². The molecule has 0 bridgehead atoms. The Morgan fingerprint density at radius 1 is 1.29 bits per heavy atom. The van der Waals surface area contributed by atoms with Crippen LogP contribution in [0.2, 0.25) is 5.02 Å². The van der Waals surface area contributed by atoms with Gasteiger partial charge in [-0.3, -0.25) is 0 Å². The molecule has 3 aromatic rings. The van der Waals surface area contributed by atoms with E-state index < -0.39 is 0 Å². The summed E-state index contributed by atoms with van der Waals surface area (Å²) in [5, 5.41) is 5.66. The van der Waals surface area contributed by atoms with Gasteiger partial charge in [0.25, 0.3) is 0 Å². The van der Waals surface area contributed by atoms with Crippen LogP contribution in [0.15, 0.2) is 42.5 Å². The highest BCUT2D eigenvalue weighted by Crippen LogP contribution is 2.29. The van der Waals surface area contributed by atoms with E-state index in [0.717, 1.165) is 26.8 Å². The molecule has 0 radical (unpaired) electrons. The number of anilines is 1. The van der Waals surface area contributed by atoms with Crippen LogP contribution in [0.3, 0.4) is 0 Å². The topological polar surface area (TPSA) is 28.2 Å². The van der Waals surface area contributed by atoms with Gasteiger partial charge in [-0.2, -0.15) is 0 Å². The normalized spacial score (nSPS) is 12.2. The van der Waals surface area contributed by atoms with E-state index in [4.69, 9.17) is 28.8 Å². The minimum atomic E-state index is 0.0864. The largest absolute Gasteiger partial charge is 0.343 e. The molecule has 1 atom stereocenters. The number of thiocarbonyl (C=S) groups is 1. The molecule has 2 aromatic carbocycles. The van der Waals surface area contributed by atoms with Crippen molar-refractivity contribution in [2.45, 2.75) is 19.9 Å². The van der Waals surface area contributed by atoms with Gasteiger partial charge in [0.2, 0.25) is 0 Å². The molecule has 24 heavy (non-hydrogen) atoms. The van der Waals surface area contributed by atoms with Crippen LogP contribution < -0.4 is 5.32 Å². The number of aromatic nitrogens is 1. The van der Waals surface area contributed by atoms with E-state index in [1.54, 1.807) is 11.3 Å². The molecule has 3 rings (SSSR count). The fourth-order valence-corrected chi connectivity index (χ4v) is 3.81. The Morgan fingerprint density at radius 3 is 2.75 bits per heavy atom. The van der Waals surface area contributed by atoms with Crippen LogP contribution in [0.25, 0.3) is 10.2 Å². The van der Waals surface area contributed by atoms with Gasteiger partial charge in [0.15, 0.2) is 5.11 Å². The van der Waals surface area contributed by atoms with Gasteiger partial charge in [-0.05, 0) is 55.9 Å². The van der Waals surface area contributed by atoms with Crippen LogP contribution in [0, 0.1) is 6.92 Å². The van der Waals surface area contributed by atoms with E-state index in [-0.39, 0.29) is 6.04 Å². The molecule has 0 saturated carbocycles. The molecule has 1 heterocycles. The second-order valence-electron chi connectivity index (χ2n) is 5.70. The Balaban J connectivity index is 1.75. The number of hydrogen-bond donors (Lipinski definition) is 1. The van der Waals surface area contributed by atoms with Gasteiger partial charge in [0.05, 0.1) is 16.3 Å². The molecule has 0 fully saturated rings. The molecular weight excluding hydrogens is 358 g/mol. The monoisotopic (exact) mass is 375 g/mol. The number of halogens is 1. The van der Waals surface area contributed by atoms with E-state index >= 15 is 0 Å². The van der Waals surface area contributed by atoms with Gasteiger partial charge >= 0.3 is 0 Å². The maximum absolute atomic E-state index is 6.18. The molecule has 124 valence electrons. The lowest BCUT2D eigenvalue weighted by atomic mass is 10.2. The number of nitrogens with zero attached hydrogens (tertiary/aromatic N) is 2. The number of rotatable bonds is 3. The second kappa shape index (κ2) is 7.05. The van der Waals surface area contributed by atoms with E-state index in [0.29, 0.717) is 5.11 Å². The highest BCUT2D eigenvalue weighted by Gasteiger charge is 2.18. The van der Waals surface area contributed by atoms with Crippen molar-refractivity contribution in [1.29, 1.82) is 0 Å².